The molecule has 5 nitrogen and oxygen atoms in total. The number of benzene rings is 1. The molecule has 0 saturated carbocycles. The summed E-state index contributed by atoms with van der Waals surface area (Å²) >= 11 is 0. The van der Waals surface area contributed by atoms with E-state index in [-0.39, 0.29) is 0 Å². The molecule has 0 radical (unpaired) electrons. The van der Waals surface area contributed by atoms with Crippen LogP contribution in [0.3, 0.4) is 0 Å². The highest BCUT2D eigenvalue weighted by molar-refractivity contribution is 5.55. The van der Waals surface area contributed by atoms with Crippen LogP contribution in [-0.4, -0.2) is 53.1 Å². The van der Waals surface area contributed by atoms with Crippen LogP contribution in [0, 0.1) is 0 Å². The Morgan fingerprint density at radius 1 is 0.926 bits per heavy atom. The number of likely N-dealkylation sites (tertiary alicyclic amines) is 1. The fourth-order valence-electron chi connectivity index (χ4n) is 5.16. The van der Waals surface area contributed by atoms with Crippen molar-refractivity contribution in [2.24, 2.45) is 0 Å². The van der Waals surface area contributed by atoms with Gasteiger partial charge in [0.2, 0.25) is 0 Å². The third-order valence-electron chi connectivity index (χ3n) is 6.72. The van der Waals surface area contributed by atoms with Gasteiger partial charge in [0.25, 0.3) is 0 Å². The highest BCUT2D eigenvalue weighted by atomic mass is 15.3. The van der Waals surface area contributed by atoms with Crippen molar-refractivity contribution >= 4 is 11.4 Å². The van der Waals surface area contributed by atoms with Crippen molar-refractivity contribution in [3.05, 3.63) is 48.0 Å². The van der Waals surface area contributed by atoms with E-state index in [0.717, 1.165) is 37.3 Å². The molecule has 0 bridgehead atoms. The Kier molecular flexibility index (Phi) is 4.48. The summed E-state index contributed by atoms with van der Waals surface area (Å²) in [5, 5.41) is 0. The molecule has 0 aliphatic carbocycles. The fourth-order valence-corrected chi connectivity index (χ4v) is 5.16. The molecular formula is C22H29N5. The van der Waals surface area contributed by atoms with Gasteiger partial charge in [-0.1, -0.05) is 6.07 Å². The van der Waals surface area contributed by atoms with Crippen LogP contribution < -0.4 is 9.80 Å². The van der Waals surface area contributed by atoms with Crippen molar-refractivity contribution in [3.8, 4) is 0 Å². The van der Waals surface area contributed by atoms with E-state index >= 15 is 0 Å². The van der Waals surface area contributed by atoms with Gasteiger partial charge in [-0.25, -0.2) is 9.97 Å². The van der Waals surface area contributed by atoms with Crippen LogP contribution in [0.15, 0.2) is 36.9 Å². The Morgan fingerprint density at radius 2 is 1.81 bits per heavy atom. The van der Waals surface area contributed by atoms with Gasteiger partial charge in [0.1, 0.15) is 6.33 Å². The van der Waals surface area contributed by atoms with Crippen molar-refractivity contribution < 1.29 is 0 Å². The second-order valence-electron chi connectivity index (χ2n) is 8.34. The Balaban J connectivity index is 1.28. The zero-order valence-corrected chi connectivity index (χ0v) is 16.2. The highest BCUT2D eigenvalue weighted by Crippen LogP contribution is 2.31. The molecule has 0 spiro atoms. The van der Waals surface area contributed by atoms with E-state index in [0.29, 0.717) is 0 Å². The Morgan fingerprint density at radius 3 is 2.63 bits per heavy atom. The van der Waals surface area contributed by atoms with Gasteiger partial charge in [-0.15, -0.1) is 0 Å². The zero-order valence-electron chi connectivity index (χ0n) is 16.2. The van der Waals surface area contributed by atoms with Crippen molar-refractivity contribution in [2.75, 3.05) is 36.0 Å². The van der Waals surface area contributed by atoms with Gasteiger partial charge < -0.3 is 9.80 Å². The van der Waals surface area contributed by atoms with Gasteiger partial charge in [-0.3, -0.25) is 4.90 Å². The molecule has 2 aromatic rings. The fraction of sp³-hybridized carbons (Fsp3) is 0.545. The van der Waals surface area contributed by atoms with Crippen molar-refractivity contribution in [1.82, 2.24) is 14.9 Å². The van der Waals surface area contributed by atoms with E-state index in [1.54, 1.807) is 6.33 Å². The largest absolute Gasteiger partial charge is 0.370 e. The monoisotopic (exact) mass is 363 g/mol. The molecule has 1 aromatic carbocycles. The second kappa shape index (κ2) is 7.12. The first-order valence-corrected chi connectivity index (χ1v) is 10.4. The van der Waals surface area contributed by atoms with Crippen LogP contribution >= 0.6 is 0 Å². The van der Waals surface area contributed by atoms with Gasteiger partial charge in [-0.05, 0) is 62.4 Å². The first-order valence-electron chi connectivity index (χ1n) is 10.4. The first kappa shape index (κ1) is 17.0. The normalized spacial score (nSPS) is 25.8. The summed E-state index contributed by atoms with van der Waals surface area (Å²) in [6, 6.07) is 8.63. The molecule has 2 fully saturated rings. The molecule has 142 valence electrons. The van der Waals surface area contributed by atoms with E-state index < -0.39 is 0 Å². The van der Waals surface area contributed by atoms with Gasteiger partial charge >= 0.3 is 0 Å². The van der Waals surface area contributed by atoms with E-state index in [4.69, 9.17) is 0 Å². The number of hydrogen-bond donors (Lipinski definition) is 0. The lowest BCUT2D eigenvalue weighted by Gasteiger charge is -2.31. The lowest BCUT2D eigenvalue weighted by Crippen LogP contribution is -2.39. The third-order valence-corrected chi connectivity index (χ3v) is 6.72. The average Bonchev–Trinajstić information content (AvgIpc) is 3.37. The van der Waals surface area contributed by atoms with Crippen LogP contribution in [0.5, 0.6) is 0 Å². The number of anilines is 2. The minimum Gasteiger partial charge on any atom is -0.370 e. The Labute approximate surface area is 162 Å². The summed E-state index contributed by atoms with van der Waals surface area (Å²) < 4.78 is 0. The molecule has 3 aliphatic heterocycles. The summed E-state index contributed by atoms with van der Waals surface area (Å²) in [6.07, 6.45) is 10.6. The van der Waals surface area contributed by atoms with Gasteiger partial charge in [0, 0.05) is 44.0 Å². The first-order chi connectivity index (χ1) is 13.3. The molecule has 5 rings (SSSR count). The van der Waals surface area contributed by atoms with E-state index in [1.807, 2.05) is 12.4 Å². The Hall–Kier alpha value is -2.14. The molecule has 2 atom stereocenters. The van der Waals surface area contributed by atoms with Crippen molar-refractivity contribution in [1.29, 1.82) is 0 Å². The topological polar surface area (TPSA) is 35.5 Å². The number of rotatable bonds is 3. The molecule has 4 heterocycles. The van der Waals surface area contributed by atoms with Gasteiger partial charge in [-0.2, -0.15) is 0 Å². The molecule has 2 unspecified atom stereocenters. The number of aromatic nitrogens is 2. The third kappa shape index (κ3) is 3.29. The zero-order chi connectivity index (χ0) is 18.2. The van der Waals surface area contributed by atoms with Crippen LogP contribution in [0.1, 0.15) is 37.3 Å². The smallest absolute Gasteiger partial charge is 0.115 e. The molecule has 1 aromatic heterocycles. The average molecular weight is 364 g/mol. The van der Waals surface area contributed by atoms with Crippen LogP contribution in [0.2, 0.25) is 0 Å². The molecule has 5 heteroatoms. The molecule has 3 aliphatic rings. The maximum Gasteiger partial charge on any atom is 0.115 e. The molecule has 0 N–H and O–H groups in total. The second-order valence-corrected chi connectivity index (χ2v) is 8.34. The highest BCUT2D eigenvalue weighted by Gasteiger charge is 2.33. The van der Waals surface area contributed by atoms with E-state index in [2.05, 4.69) is 49.8 Å². The molecule has 0 amide bonds. The van der Waals surface area contributed by atoms with E-state index in [1.165, 1.54) is 55.7 Å². The predicted molar refractivity (Wildman–Crippen MR) is 109 cm³/mol. The summed E-state index contributed by atoms with van der Waals surface area (Å²) in [5.74, 6) is 0. The molecule has 2 saturated heterocycles. The maximum absolute atomic E-state index is 4.16. The van der Waals surface area contributed by atoms with Crippen LogP contribution in [0.25, 0.3) is 0 Å². The summed E-state index contributed by atoms with van der Waals surface area (Å²) in [6.45, 7) is 8.08. The lowest BCUT2D eigenvalue weighted by atomic mass is 9.98. The minimum absolute atomic E-state index is 0.743. The number of nitrogens with zero attached hydrogens (tertiary/aromatic N) is 5. The summed E-state index contributed by atoms with van der Waals surface area (Å²) in [4.78, 5) is 16.1. The van der Waals surface area contributed by atoms with Crippen molar-refractivity contribution in [2.45, 2.75) is 51.2 Å². The molecular weight excluding hydrogens is 334 g/mol. The SMILES string of the molecule is CC1CCCN1C1CCN(c2ccc3c(c2)CCN(c2cncnc2)C3)C1. The van der Waals surface area contributed by atoms with Crippen LogP contribution in [-0.2, 0) is 13.0 Å². The Bertz CT molecular complexity index is 793. The van der Waals surface area contributed by atoms with Gasteiger partial charge in [0.15, 0.2) is 0 Å². The summed E-state index contributed by atoms with van der Waals surface area (Å²) in [7, 11) is 0. The quantitative estimate of drug-likeness (QED) is 0.837. The minimum atomic E-state index is 0.743. The lowest BCUT2D eigenvalue weighted by molar-refractivity contribution is 0.204. The maximum atomic E-state index is 4.16. The van der Waals surface area contributed by atoms with Crippen LogP contribution in [0.4, 0.5) is 11.4 Å². The van der Waals surface area contributed by atoms with E-state index in [9.17, 15) is 0 Å². The standard InChI is InChI=1S/C22H29N5/c1-17-3-2-8-27(17)21-7-10-26(15-21)20-5-4-19-14-25(9-6-18(19)11-20)22-12-23-16-24-13-22/h4-5,11-13,16-17,21H,2-3,6-10,14-15H2,1H3. The van der Waals surface area contributed by atoms with Gasteiger partial charge in [0.05, 0.1) is 18.1 Å². The number of fused-ring (bicyclic) bond motifs is 1. The summed E-state index contributed by atoms with van der Waals surface area (Å²) in [5.41, 5.74) is 5.49. The molecule has 27 heavy (non-hydrogen) atoms. The predicted octanol–water partition coefficient (Wildman–Crippen LogP) is 3.10. The van der Waals surface area contributed by atoms with Crippen molar-refractivity contribution in [3.63, 3.8) is 0 Å². The number of hydrogen-bond acceptors (Lipinski definition) is 5.